The summed E-state index contributed by atoms with van der Waals surface area (Å²) in [4.78, 5) is 23.6. The molecule has 0 aromatic heterocycles. The average Bonchev–Trinajstić information content (AvgIpc) is 2.27. The Kier molecular flexibility index (Phi) is 2.41. The minimum Gasteiger partial charge on any atom is -0.490 e. The number of anilines is 1. The summed E-state index contributed by atoms with van der Waals surface area (Å²) < 4.78 is 5.39. The van der Waals surface area contributed by atoms with Gasteiger partial charge in [-0.05, 0) is 18.2 Å². The van der Waals surface area contributed by atoms with E-state index in [4.69, 9.17) is 4.74 Å². The van der Waals surface area contributed by atoms with Crippen LogP contribution in [0.15, 0.2) is 18.2 Å². The number of hydrogen-bond acceptors (Lipinski definition) is 3. The molecule has 2 rings (SSSR count). The van der Waals surface area contributed by atoms with E-state index in [0.717, 1.165) is 6.29 Å². The molecular formula is C11H11NO3. The lowest BCUT2D eigenvalue weighted by molar-refractivity contribution is -0.116. The van der Waals surface area contributed by atoms with Crippen LogP contribution in [0.1, 0.15) is 17.3 Å². The quantitative estimate of drug-likeness (QED) is 0.648. The van der Waals surface area contributed by atoms with Crippen molar-refractivity contribution in [3.05, 3.63) is 23.8 Å². The summed E-state index contributed by atoms with van der Waals surface area (Å²) in [6.07, 6.45) is 0.757. The van der Waals surface area contributed by atoms with Crippen molar-refractivity contribution in [1.29, 1.82) is 0 Å². The first kappa shape index (κ1) is 9.71. The van der Waals surface area contributed by atoms with Crippen LogP contribution in [-0.4, -0.2) is 25.3 Å². The Labute approximate surface area is 87.4 Å². The van der Waals surface area contributed by atoms with Crippen LogP contribution in [0.25, 0.3) is 0 Å². The average molecular weight is 205 g/mol. The standard InChI is InChI=1S/C11H11NO3/c1-8(14)12-4-5-15-11-3-2-9(7-13)6-10(11)12/h2-3,6-7H,4-5H2,1H3. The highest BCUT2D eigenvalue weighted by Gasteiger charge is 2.21. The molecule has 1 heterocycles. The molecule has 0 saturated carbocycles. The van der Waals surface area contributed by atoms with E-state index < -0.39 is 0 Å². The summed E-state index contributed by atoms with van der Waals surface area (Å²) >= 11 is 0. The second-order valence-corrected chi connectivity index (χ2v) is 3.36. The molecule has 0 bridgehead atoms. The van der Waals surface area contributed by atoms with Crippen molar-refractivity contribution < 1.29 is 14.3 Å². The van der Waals surface area contributed by atoms with Gasteiger partial charge in [0.1, 0.15) is 18.6 Å². The predicted molar refractivity (Wildman–Crippen MR) is 55.4 cm³/mol. The number of nitrogens with zero attached hydrogens (tertiary/aromatic N) is 1. The zero-order valence-electron chi connectivity index (χ0n) is 8.40. The molecule has 0 radical (unpaired) electrons. The van der Waals surface area contributed by atoms with E-state index in [1.54, 1.807) is 23.1 Å². The lowest BCUT2D eigenvalue weighted by Gasteiger charge is -2.28. The van der Waals surface area contributed by atoms with Gasteiger partial charge in [-0.15, -0.1) is 0 Å². The number of rotatable bonds is 1. The van der Waals surface area contributed by atoms with E-state index >= 15 is 0 Å². The molecule has 0 fully saturated rings. The summed E-state index contributed by atoms with van der Waals surface area (Å²) in [6.45, 7) is 2.53. The molecule has 0 spiro atoms. The van der Waals surface area contributed by atoms with E-state index in [2.05, 4.69) is 0 Å². The Balaban J connectivity index is 2.48. The smallest absolute Gasteiger partial charge is 0.224 e. The maximum absolute atomic E-state index is 11.3. The predicted octanol–water partition coefficient (Wildman–Crippen LogP) is 1.24. The lowest BCUT2D eigenvalue weighted by atomic mass is 10.1. The zero-order chi connectivity index (χ0) is 10.8. The van der Waals surface area contributed by atoms with Crippen molar-refractivity contribution >= 4 is 17.9 Å². The topological polar surface area (TPSA) is 46.6 Å². The van der Waals surface area contributed by atoms with Crippen LogP contribution in [0.4, 0.5) is 5.69 Å². The Morgan fingerprint density at radius 2 is 2.33 bits per heavy atom. The number of carbonyl (C=O) groups is 2. The number of carbonyl (C=O) groups excluding carboxylic acids is 2. The first-order valence-electron chi connectivity index (χ1n) is 4.72. The third-order valence-electron chi connectivity index (χ3n) is 2.36. The Bertz CT molecular complexity index is 414. The molecule has 0 saturated heterocycles. The fourth-order valence-electron chi connectivity index (χ4n) is 1.64. The Hall–Kier alpha value is -1.84. The van der Waals surface area contributed by atoms with Gasteiger partial charge in [0.15, 0.2) is 0 Å². The maximum atomic E-state index is 11.3. The summed E-state index contributed by atoms with van der Waals surface area (Å²) in [5.74, 6) is 0.615. The van der Waals surface area contributed by atoms with Crippen LogP contribution >= 0.6 is 0 Å². The normalized spacial score (nSPS) is 14.1. The molecular weight excluding hydrogens is 194 g/mol. The molecule has 0 aliphatic carbocycles. The Morgan fingerprint density at radius 3 is 3.00 bits per heavy atom. The molecule has 0 atom stereocenters. The lowest BCUT2D eigenvalue weighted by Crippen LogP contribution is -2.36. The largest absolute Gasteiger partial charge is 0.490 e. The van der Waals surface area contributed by atoms with Gasteiger partial charge in [-0.2, -0.15) is 0 Å². The van der Waals surface area contributed by atoms with Gasteiger partial charge >= 0.3 is 0 Å². The third kappa shape index (κ3) is 1.70. The van der Waals surface area contributed by atoms with E-state index in [0.29, 0.717) is 30.2 Å². The first-order chi connectivity index (χ1) is 7.22. The molecule has 4 nitrogen and oxygen atoms in total. The zero-order valence-corrected chi connectivity index (χ0v) is 8.40. The van der Waals surface area contributed by atoms with E-state index in [-0.39, 0.29) is 5.91 Å². The number of ether oxygens (including phenoxy) is 1. The van der Waals surface area contributed by atoms with E-state index in [1.807, 2.05) is 0 Å². The molecule has 0 unspecified atom stereocenters. The molecule has 1 aliphatic rings. The SMILES string of the molecule is CC(=O)N1CCOc2ccc(C=O)cc21. The molecule has 78 valence electrons. The van der Waals surface area contributed by atoms with Crippen molar-refractivity contribution in [3.8, 4) is 5.75 Å². The summed E-state index contributed by atoms with van der Waals surface area (Å²) in [5, 5.41) is 0. The minimum absolute atomic E-state index is 0.0393. The molecule has 1 aromatic carbocycles. The van der Waals surface area contributed by atoms with Crippen LogP contribution in [0.2, 0.25) is 0 Å². The fourth-order valence-corrected chi connectivity index (χ4v) is 1.64. The Morgan fingerprint density at radius 1 is 1.53 bits per heavy atom. The second kappa shape index (κ2) is 3.73. The van der Waals surface area contributed by atoms with E-state index in [1.165, 1.54) is 6.92 Å². The second-order valence-electron chi connectivity index (χ2n) is 3.36. The van der Waals surface area contributed by atoms with Gasteiger partial charge in [-0.3, -0.25) is 9.59 Å². The van der Waals surface area contributed by atoms with Crippen molar-refractivity contribution in [3.63, 3.8) is 0 Å². The van der Waals surface area contributed by atoms with Crippen molar-refractivity contribution in [1.82, 2.24) is 0 Å². The number of amides is 1. The highest BCUT2D eigenvalue weighted by atomic mass is 16.5. The highest BCUT2D eigenvalue weighted by Crippen LogP contribution is 2.32. The molecule has 15 heavy (non-hydrogen) atoms. The highest BCUT2D eigenvalue weighted by molar-refractivity contribution is 5.94. The minimum atomic E-state index is -0.0393. The molecule has 0 N–H and O–H groups in total. The maximum Gasteiger partial charge on any atom is 0.224 e. The van der Waals surface area contributed by atoms with Crippen molar-refractivity contribution in [2.45, 2.75) is 6.92 Å². The van der Waals surface area contributed by atoms with Crippen molar-refractivity contribution in [2.75, 3.05) is 18.1 Å². The molecule has 1 amide bonds. The van der Waals surface area contributed by atoms with Gasteiger partial charge in [-0.1, -0.05) is 0 Å². The van der Waals surface area contributed by atoms with Crippen LogP contribution in [0.3, 0.4) is 0 Å². The molecule has 1 aliphatic heterocycles. The number of benzene rings is 1. The summed E-state index contributed by atoms with van der Waals surface area (Å²) in [6, 6.07) is 5.06. The van der Waals surface area contributed by atoms with Gasteiger partial charge < -0.3 is 9.64 Å². The fraction of sp³-hybridized carbons (Fsp3) is 0.273. The van der Waals surface area contributed by atoms with E-state index in [9.17, 15) is 9.59 Å². The third-order valence-corrected chi connectivity index (χ3v) is 2.36. The number of fused-ring (bicyclic) bond motifs is 1. The van der Waals surface area contributed by atoms with Gasteiger partial charge in [-0.25, -0.2) is 0 Å². The summed E-state index contributed by atoms with van der Waals surface area (Å²) in [7, 11) is 0. The van der Waals surface area contributed by atoms with Gasteiger partial charge in [0.2, 0.25) is 5.91 Å². The van der Waals surface area contributed by atoms with Crippen LogP contribution < -0.4 is 9.64 Å². The van der Waals surface area contributed by atoms with Gasteiger partial charge in [0.25, 0.3) is 0 Å². The van der Waals surface area contributed by atoms with Crippen LogP contribution in [-0.2, 0) is 4.79 Å². The molecule has 1 aromatic rings. The molecule has 4 heteroatoms. The first-order valence-corrected chi connectivity index (χ1v) is 4.72. The monoisotopic (exact) mass is 205 g/mol. The number of hydrogen-bond donors (Lipinski definition) is 0. The van der Waals surface area contributed by atoms with Gasteiger partial charge in [0, 0.05) is 12.5 Å². The van der Waals surface area contributed by atoms with Crippen molar-refractivity contribution in [2.24, 2.45) is 0 Å². The number of aldehydes is 1. The van der Waals surface area contributed by atoms with Crippen LogP contribution in [0, 0.1) is 0 Å². The van der Waals surface area contributed by atoms with Crippen LogP contribution in [0.5, 0.6) is 5.75 Å². The summed E-state index contributed by atoms with van der Waals surface area (Å²) in [5.41, 5.74) is 1.23. The van der Waals surface area contributed by atoms with Gasteiger partial charge in [0.05, 0.1) is 12.2 Å².